The van der Waals surface area contributed by atoms with Crippen molar-refractivity contribution in [2.75, 3.05) is 0 Å². The van der Waals surface area contributed by atoms with Gasteiger partial charge in [-0.1, -0.05) is 16.8 Å². The van der Waals surface area contributed by atoms with Crippen LogP contribution in [0.15, 0.2) is 28.8 Å². The van der Waals surface area contributed by atoms with Gasteiger partial charge in [-0.15, -0.1) is 11.3 Å². The molecule has 0 aliphatic heterocycles. The van der Waals surface area contributed by atoms with E-state index in [0.717, 1.165) is 10.6 Å². The third kappa shape index (κ3) is 2.84. The first-order chi connectivity index (χ1) is 10.0. The van der Waals surface area contributed by atoms with Crippen molar-refractivity contribution in [3.05, 3.63) is 45.7 Å². The largest absolute Gasteiger partial charge is 0.476 e. The van der Waals surface area contributed by atoms with Gasteiger partial charge in [-0.3, -0.25) is 4.68 Å². The molecule has 0 bridgehead atoms. The maximum absolute atomic E-state index is 10.9. The highest BCUT2D eigenvalue weighted by atomic mass is 35.5. The van der Waals surface area contributed by atoms with Crippen molar-refractivity contribution < 1.29 is 14.4 Å². The zero-order valence-corrected chi connectivity index (χ0v) is 12.5. The summed E-state index contributed by atoms with van der Waals surface area (Å²) in [6.07, 6.45) is 0. The van der Waals surface area contributed by atoms with Crippen LogP contribution >= 0.6 is 22.9 Å². The number of carbonyl (C=O) groups is 1. The second-order valence-electron chi connectivity index (χ2n) is 4.42. The number of hydrogen-bond acceptors (Lipinski definition) is 5. The fraction of sp³-hybridized carbons (Fsp3) is 0.154. The van der Waals surface area contributed by atoms with E-state index in [1.807, 2.05) is 6.07 Å². The molecule has 0 fully saturated rings. The van der Waals surface area contributed by atoms with Crippen molar-refractivity contribution in [2.45, 2.75) is 13.5 Å². The molecule has 1 N–H and O–H groups in total. The van der Waals surface area contributed by atoms with Gasteiger partial charge in [-0.05, 0) is 25.1 Å². The molecule has 0 saturated carbocycles. The Hall–Kier alpha value is -2.12. The predicted octanol–water partition coefficient (Wildman–Crippen LogP) is 3.31. The lowest BCUT2D eigenvalue weighted by atomic mass is 10.3. The maximum atomic E-state index is 10.9. The predicted molar refractivity (Wildman–Crippen MR) is 77.9 cm³/mol. The number of halogens is 1. The molecule has 21 heavy (non-hydrogen) atoms. The summed E-state index contributed by atoms with van der Waals surface area (Å²) in [5.74, 6) is -0.420. The van der Waals surface area contributed by atoms with E-state index < -0.39 is 5.97 Å². The molecule has 0 aliphatic carbocycles. The van der Waals surface area contributed by atoms with Gasteiger partial charge in [-0.2, -0.15) is 5.10 Å². The Morgan fingerprint density at radius 1 is 1.48 bits per heavy atom. The van der Waals surface area contributed by atoms with Crippen LogP contribution in [0.4, 0.5) is 0 Å². The van der Waals surface area contributed by atoms with E-state index in [2.05, 4.69) is 10.3 Å². The first-order valence-corrected chi connectivity index (χ1v) is 7.21. The first kappa shape index (κ1) is 13.8. The zero-order valence-electron chi connectivity index (χ0n) is 10.9. The van der Waals surface area contributed by atoms with Gasteiger partial charge >= 0.3 is 5.97 Å². The van der Waals surface area contributed by atoms with Gasteiger partial charge in [0.2, 0.25) is 0 Å². The third-order valence-corrected chi connectivity index (χ3v) is 4.13. The average molecular weight is 324 g/mol. The minimum atomic E-state index is -1.05. The maximum Gasteiger partial charge on any atom is 0.356 e. The summed E-state index contributed by atoms with van der Waals surface area (Å²) in [6, 6.07) is 6.96. The van der Waals surface area contributed by atoms with Gasteiger partial charge in [0.1, 0.15) is 5.69 Å². The summed E-state index contributed by atoms with van der Waals surface area (Å²) < 4.78 is 7.53. The molecule has 0 saturated heterocycles. The van der Waals surface area contributed by atoms with Crippen LogP contribution in [-0.2, 0) is 6.54 Å². The van der Waals surface area contributed by atoms with Crippen LogP contribution in [-0.4, -0.2) is 26.0 Å². The topological polar surface area (TPSA) is 81.1 Å². The monoisotopic (exact) mass is 323 g/mol. The van der Waals surface area contributed by atoms with Gasteiger partial charge in [0.05, 0.1) is 15.8 Å². The van der Waals surface area contributed by atoms with E-state index in [9.17, 15) is 4.79 Å². The molecule has 0 aromatic carbocycles. The Balaban J connectivity index is 1.83. The molecule has 0 atom stereocenters. The van der Waals surface area contributed by atoms with Gasteiger partial charge in [0.25, 0.3) is 0 Å². The molecule has 0 spiro atoms. The molecule has 3 heterocycles. The van der Waals surface area contributed by atoms with E-state index in [-0.39, 0.29) is 5.69 Å². The van der Waals surface area contributed by atoms with Crippen molar-refractivity contribution in [1.82, 2.24) is 14.9 Å². The van der Waals surface area contributed by atoms with Crippen LogP contribution < -0.4 is 0 Å². The molecule has 0 radical (unpaired) electrons. The normalized spacial score (nSPS) is 11.0. The van der Waals surface area contributed by atoms with Crippen molar-refractivity contribution >= 4 is 28.9 Å². The molecular formula is C13H10ClN3O3S. The summed E-state index contributed by atoms with van der Waals surface area (Å²) in [6.45, 7) is 2.14. The molecule has 6 nitrogen and oxygen atoms in total. The lowest BCUT2D eigenvalue weighted by molar-refractivity contribution is 0.0689. The smallest absolute Gasteiger partial charge is 0.356 e. The minimum absolute atomic E-state index is 0.0151. The molecule has 8 heteroatoms. The summed E-state index contributed by atoms with van der Waals surface area (Å²) in [7, 11) is 0. The number of aryl methyl sites for hydroxylation is 1. The number of carboxylic acid groups (broad SMARTS) is 1. The lowest BCUT2D eigenvalue weighted by Crippen LogP contribution is -2.05. The number of carboxylic acids is 1. The first-order valence-electron chi connectivity index (χ1n) is 6.02. The molecule has 0 unspecified atom stereocenters. The van der Waals surface area contributed by atoms with Crippen molar-refractivity contribution in [3.63, 3.8) is 0 Å². The summed E-state index contributed by atoms with van der Waals surface area (Å²) >= 11 is 7.29. The van der Waals surface area contributed by atoms with Gasteiger partial charge in [0.15, 0.2) is 11.5 Å². The van der Waals surface area contributed by atoms with Gasteiger partial charge < -0.3 is 9.63 Å². The Morgan fingerprint density at radius 2 is 2.29 bits per heavy atom. The highest BCUT2D eigenvalue weighted by Crippen LogP contribution is 2.31. The standard InChI is InChI=1S/C13H10ClN3O3S/c1-7-4-9(13(18)19)15-17(7)6-8-5-10(20-16-8)11-2-3-12(14)21-11/h2-5H,6H2,1H3,(H,18,19). The number of rotatable bonds is 4. The van der Waals surface area contributed by atoms with E-state index in [4.69, 9.17) is 21.2 Å². The number of aromatic nitrogens is 3. The molecule has 3 aromatic rings. The fourth-order valence-corrected chi connectivity index (χ4v) is 2.87. The zero-order chi connectivity index (χ0) is 15.0. The van der Waals surface area contributed by atoms with Crippen molar-refractivity contribution in [2.24, 2.45) is 0 Å². The Labute approximate surface area is 128 Å². The van der Waals surface area contributed by atoms with Crippen LogP contribution in [0, 0.1) is 6.92 Å². The molecule has 3 rings (SSSR count). The van der Waals surface area contributed by atoms with E-state index in [0.29, 0.717) is 22.3 Å². The Kier molecular flexibility index (Phi) is 3.52. The van der Waals surface area contributed by atoms with Crippen molar-refractivity contribution in [1.29, 1.82) is 0 Å². The SMILES string of the molecule is Cc1cc(C(=O)O)nn1Cc1cc(-c2ccc(Cl)s2)on1. The van der Waals surface area contributed by atoms with Crippen LogP contribution in [0.5, 0.6) is 0 Å². The van der Waals surface area contributed by atoms with Crippen LogP contribution in [0.2, 0.25) is 4.34 Å². The average Bonchev–Trinajstić information content (AvgIpc) is 3.12. The molecule has 0 aliphatic rings. The number of thiophene rings is 1. The summed E-state index contributed by atoms with van der Waals surface area (Å²) in [5.41, 5.74) is 1.43. The Morgan fingerprint density at radius 3 is 2.90 bits per heavy atom. The summed E-state index contributed by atoms with van der Waals surface area (Å²) in [4.78, 5) is 11.8. The lowest BCUT2D eigenvalue weighted by Gasteiger charge is -1.99. The highest BCUT2D eigenvalue weighted by Gasteiger charge is 2.13. The highest BCUT2D eigenvalue weighted by molar-refractivity contribution is 7.19. The van der Waals surface area contributed by atoms with Gasteiger partial charge in [0, 0.05) is 11.8 Å². The molecular weight excluding hydrogens is 314 g/mol. The molecule has 3 aromatic heterocycles. The number of aromatic carboxylic acids is 1. The van der Waals surface area contributed by atoms with E-state index >= 15 is 0 Å². The van der Waals surface area contributed by atoms with Crippen LogP contribution in [0.3, 0.4) is 0 Å². The number of hydrogen-bond donors (Lipinski definition) is 1. The number of nitrogens with zero attached hydrogens (tertiary/aromatic N) is 3. The quantitative estimate of drug-likeness (QED) is 0.796. The minimum Gasteiger partial charge on any atom is -0.476 e. The van der Waals surface area contributed by atoms with Crippen molar-refractivity contribution in [3.8, 4) is 10.6 Å². The van der Waals surface area contributed by atoms with Crippen LogP contribution in [0.25, 0.3) is 10.6 Å². The molecule has 0 amide bonds. The van der Waals surface area contributed by atoms with E-state index in [1.165, 1.54) is 17.4 Å². The second-order valence-corrected chi connectivity index (χ2v) is 6.14. The fourth-order valence-electron chi connectivity index (χ4n) is 1.88. The second kappa shape index (κ2) is 5.34. The van der Waals surface area contributed by atoms with Crippen LogP contribution in [0.1, 0.15) is 21.9 Å². The molecule has 108 valence electrons. The van der Waals surface area contributed by atoms with Gasteiger partial charge in [-0.25, -0.2) is 4.79 Å². The summed E-state index contributed by atoms with van der Waals surface area (Å²) in [5, 5.41) is 16.9. The van der Waals surface area contributed by atoms with E-state index in [1.54, 1.807) is 23.7 Å². The third-order valence-electron chi connectivity index (χ3n) is 2.89. The Bertz CT molecular complexity index is 805.